The summed E-state index contributed by atoms with van der Waals surface area (Å²) in [5, 5.41) is 12.2. The number of urea groups is 1. The Hall–Kier alpha value is -3.13. The van der Waals surface area contributed by atoms with Gasteiger partial charge in [-0.15, -0.1) is 0 Å². The number of carbonyl (C=O) groups excluding carboxylic acids is 2. The number of hydrogen-bond donors (Lipinski definition) is 1. The SMILES string of the molecule is CCCCC(=O)N(C(=O)NCc1ccc(-c2ccccc2C#N)cc1)C1CCCC1. The molecule has 1 aliphatic rings. The molecule has 0 spiro atoms. The Morgan fingerprint density at radius 2 is 1.80 bits per heavy atom. The largest absolute Gasteiger partial charge is 0.334 e. The normalized spacial score (nSPS) is 13.6. The van der Waals surface area contributed by atoms with Crippen molar-refractivity contribution in [3.8, 4) is 17.2 Å². The molecule has 1 N–H and O–H groups in total. The third kappa shape index (κ3) is 5.27. The molecule has 5 heteroatoms. The predicted molar refractivity (Wildman–Crippen MR) is 117 cm³/mol. The minimum absolute atomic E-state index is 0.0271. The van der Waals surface area contributed by atoms with E-state index in [0.717, 1.165) is 55.2 Å². The number of nitrogens with one attached hydrogen (secondary N) is 1. The van der Waals surface area contributed by atoms with Crippen molar-refractivity contribution in [2.75, 3.05) is 0 Å². The topological polar surface area (TPSA) is 73.2 Å². The van der Waals surface area contributed by atoms with Gasteiger partial charge in [0.15, 0.2) is 0 Å². The molecule has 0 aliphatic heterocycles. The molecule has 3 rings (SSSR count). The molecule has 30 heavy (non-hydrogen) atoms. The zero-order valence-corrected chi connectivity index (χ0v) is 17.6. The van der Waals surface area contributed by atoms with Gasteiger partial charge in [0.2, 0.25) is 5.91 Å². The van der Waals surface area contributed by atoms with Gasteiger partial charge in [0.25, 0.3) is 0 Å². The second-order valence-corrected chi connectivity index (χ2v) is 7.82. The maximum atomic E-state index is 12.8. The zero-order chi connectivity index (χ0) is 21.3. The summed E-state index contributed by atoms with van der Waals surface area (Å²) in [7, 11) is 0. The molecule has 0 bridgehead atoms. The Morgan fingerprint density at radius 1 is 1.10 bits per heavy atom. The number of carbonyl (C=O) groups is 2. The van der Waals surface area contributed by atoms with E-state index in [4.69, 9.17) is 0 Å². The third-order valence-corrected chi connectivity index (χ3v) is 5.68. The van der Waals surface area contributed by atoms with Gasteiger partial charge in [-0.25, -0.2) is 4.79 Å². The number of hydrogen-bond acceptors (Lipinski definition) is 3. The lowest BCUT2D eigenvalue weighted by Crippen LogP contribution is -2.48. The van der Waals surface area contributed by atoms with Gasteiger partial charge in [-0.3, -0.25) is 9.69 Å². The smallest absolute Gasteiger partial charge is 0.324 e. The number of nitrogens with zero attached hydrogens (tertiary/aromatic N) is 2. The molecule has 0 unspecified atom stereocenters. The molecule has 0 atom stereocenters. The average molecular weight is 404 g/mol. The Balaban J connectivity index is 1.65. The fourth-order valence-electron chi connectivity index (χ4n) is 3.99. The molecule has 156 valence electrons. The lowest BCUT2D eigenvalue weighted by atomic mass is 9.99. The molecule has 0 heterocycles. The fourth-order valence-corrected chi connectivity index (χ4v) is 3.99. The van der Waals surface area contributed by atoms with Crippen LogP contribution in [0.25, 0.3) is 11.1 Å². The average Bonchev–Trinajstić information content (AvgIpc) is 3.31. The molecular weight excluding hydrogens is 374 g/mol. The van der Waals surface area contributed by atoms with E-state index in [1.165, 1.54) is 4.90 Å². The van der Waals surface area contributed by atoms with Crippen molar-refractivity contribution in [2.45, 2.75) is 64.5 Å². The summed E-state index contributed by atoms with van der Waals surface area (Å²) in [6.07, 6.45) is 6.11. The Kier molecular flexibility index (Phi) is 7.62. The molecule has 0 aromatic heterocycles. The Morgan fingerprint density at radius 3 is 2.47 bits per heavy atom. The highest BCUT2D eigenvalue weighted by molar-refractivity contribution is 5.94. The van der Waals surface area contributed by atoms with Crippen LogP contribution in [-0.2, 0) is 11.3 Å². The van der Waals surface area contributed by atoms with Gasteiger partial charge < -0.3 is 5.32 Å². The van der Waals surface area contributed by atoms with Crippen LogP contribution in [0.15, 0.2) is 48.5 Å². The highest BCUT2D eigenvalue weighted by Gasteiger charge is 2.31. The number of rotatable bonds is 7. The zero-order valence-electron chi connectivity index (χ0n) is 17.6. The lowest BCUT2D eigenvalue weighted by Gasteiger charge is -2.27. The molecule has 1 aliphatic carbocycles. The van der Waals surface area contributed by atoms with Gasteiger partial charge in [0.1, 0.15) is 0 Å². The maximum absolute atomic E-state index is 12.8. The van der Waals surface area contributed by atoms with Crippen molar-refractivity contribution in [1.82, 2.24) is 10.2 Å². The van der Waals surface area contributed by atoms with E-state index in [-0.39, 0.29) is 18.0 Å². The minimum Gasteiger partial charge on any atom is -0.334 e. The van der Waals surface area contributed by atoms with Crippen molar-refractivity contribution in [2.24, 2.45) is 0 Å². The van der Waals surface area contributed by atoms with Crippen molar-refractivity contribution in [3.05, 3.63) is 59.7 Å². The van der Waals surface area contributed by atoms with Crippen LogP contribution < -0.4 is 5.32 Å². The minimum atomic E-state index is -0.290. The molecule has 0 radical (unpaired) electrons. The summed E-state index contributed by atoms with van der Waals surface area (Å²) in [4.78, 5) is 27.0. The van der Waals surface area contributed by atoms with Crippen LogP contribution in [-0.4, -0.2) is 22.9 Å². The van der Waals surface area contributed by atoms with Crippen molar-refractivity contribution in [3.63, 3.8) is 0 Å². The van der Waals surface area contributed by atoms with Crippen LogP contribution in [0.1, 0.15) is 63.0 Å². The summed E-state index contributed by atoms with van der Waals surface area (Å²) < 4.78 is 0. The van der Waals surface area contributed by atoms with E-state index in [0.29, 0.717) is 18.5 Å². The first-order chi connectivity index (χ1) is 14.6. The van der Waals surface area contributed by atoms with Crippen LogP contribution in [0.3, 0.4) is 0 Å². The van der Waals surface area contributed by atoms with Crippen LogP contribution in [0.2, 0.25) is 0 Å². The van der Waals surface area contributed by atoms with Gasteiger partial charge in [-0.2, -0.15) is 5.26 Å². The fraction of sp³-hybridized carbons (Fsp3) is 0.400. The maximum Gasteiger partial charge on any atom is 0.324 e. The van der Waals surface area contributed by atoms with E-state index in [1.54, 1.807) is 6.07 Å². The quantitative estimate of drug-likeness (QED) is 0.673. The van der Waals surface area contributed by atoms with E-state index < -0.39 is 0 Å². The number of imide groups is 1. The summed E-state index contributed by atoms with van der Waals surface area (Å²) in [5.41, 5.74) is 3.44. The van der Waals surface area contributed by atoms with Crippen LogP contribution in [0, 0.1) is 11.3 Å². The Bertz CT molecular complexity index is 909. The highest BCUT2D eigenvalue weighted by Crippen LogP contribution is 2.25. The van der Waals surface area contributed by atoms with Crippen LogP contribution >= 0.6 is 0 Å². The number of unbranched alkanes of at least 4 members (excludes halogenated alkanes) is 1. The summed E-state index contributed by atoms with van der Waals surface area (Å²) in [6, 6.07) is 17.3. The molecule has 2 aromatic rings. The van der Waals surface area contributed by atoms with Crippen molar-refractivity contribution >= 4 is 11.9 Å². The monoisotopic (exact) mass is 403 g/mol. The molecular formula is C25H29N3O2. The number of nitriles is 1. The third-order valence-electron chi connectivity index (χ3n) is 5.68. The second-order valence-electron chi connectivity index (χ2n) is 7.82. The summed E-state index contributed by atoms with van der Waals surface area (Å²) in [5.74, 6) is -0.0651. The van der Waals surface area contributed by atoms with E-state index in [9.17, 15) is 14.9 Å². The Labute approximate surface area is 178 Å². The number of benzene rings is 2. The standard InChI is InChI=1S/C25H29N3O2/c1-2-3-12-24(29)28(22-9-5-6-10-22)25(30)27-18-19-13-15-20(16-14-19)23-11-7-4-8-21(23)17-26/h4,7-8,11,13-16,22H,2-3,5-6,9-10,12,18H2,1H3,(H,27,30). The molecule has 1 saturated carbocycles. The first kappa shape index (κ1) is 21.6. The summed E-state index contributed by atoms with van der Waals surface area (Å²) in [6.45, 7) is 2.41. The van der Waals surface area contributed by atoms with Gasteiger partial charge >= 0.3 is 6.03 Å². The molecule has 5 nitrogen and oxygen atoms in total. The molecule has 2 aromatic carbocycles. The second kappa shape index (κ2) is 10.6. The van der Waals surface area contributed by atoms with Crippen LogP contribution in [0.5, 0.6) is 0 Å². The molecule has 3 amide bonds. The van der Waals surface area contributed by atoms with E-state index in [2.05, 4.69) is 11.4 Å². The number of amides is 3. The van der Waals surface area contributed by atoms with Gasteiger partial charge in [-0.05, 0) is 42.0 Å². The van der Waals surface area contributed by atoms with Gasteiger partial charge in [0, 0.05) is 19.0 Å². The molecule has 0 saturated heterocycles. The van der Waals surface area contributed by atoms with E-state index >= 15 is 0 Å². The first-order valence-electron chi connectivity index (χ1n) is 10.8. The molecule has 1 fully saturated rings. The van der Waals surface area contributed by atoms with Crippen molar-refractivity contribution in [1.29, 1.82) is 5.26 Å². The van der Waals surface area contributed by atoms with Gasteiger partial charge in [-0.1, -0.05) is 68.7 Å². The van der Waals surface area contributed by atoms with E-state index in [1.807, 2.05) is 49.4 Å². The predicted octanol–water partition coefficient (Wildman–Crippen LogP) is 5.40. The lowest BCUT2D eigenvalue weighted by molar-refractivity contribution is -0.130. The summed E-state index contributed by atoms with van der Waals surface area (Å²) >= 11 is 0. The first-order valence-corrected chi connectivity index (χ1v) is 10.8. The highest BCUT2D eigenvalue weighted by atomic mass is 16.2. The van der Waals surface area contributed by atoms with Crippen LogP contribution in [0.4, 0.5) is 4.79 Å². The van der Waals surface area contributed by atoms with Crippen molar-refractivity contribution < 1.29 is 9.59 Å². The van der Waals surface area contributed by atoms with Gasteiger partial charge in [0.05, 0.1) is 11.6 Å².